The van der Waals surface area contributed by atoms with Crippen molar-refractivity contribution in [3.05, 3.63) is 71.6 Å². The number of fused-ring (bicyclic) bond motifs is 2. The van der Waals surface area contributed by atoms with Gasteiger partial charge < -0.3 is 19.6 Å². The van der Waals surface area contributed by atoms with Crippen molar-refractivity contribution in [1.82, 2.24) is 9.22 Å². The van der Waals surface area contributed by atoms with Crippen LogP contribution in [-0.2, 0) is 0 Å². The molecular weight excluding hydrogens is 542 g/mol. The Morgan fingerprint density at radius 3 is 1.95 bits per heavy atom. The van der Waals surface area contributed by atoms with Gasteiger partial charge >= 0.3 is 0 Å². The molecule has 216 valence electrons. The molecule has 0 bridgehead atoms. The maximum absolute atomic E-state index is 14.4. The number of aromatic amines is 1. The Bertz CT molecular complexity index is 1350. The number of aldehydes is 1. The van der Waals surface area contributed by atoms with Crippen LogP contribution in [0.5, 0.6) is 0 Å². The number of nitrogens with two attached hydrogens (primary N) is 1. The second-order valence-corrected chi connectivity index (χ2v) is 15.4. The van der Waals surface area contributed by atoms with Crippen molar-refractivity contribution in [3.63, 3.8) is 0 Å². The molecule has 0 aliphatic heterocycles. The lowest BCUT2D eigenvalue weighted by Crippen LogP contribution is -2.51. The number of halogens is 3. The fourth-order valence-electron chi connectivity index (χ4n) is 5.74. The predicted molar refractivity (Wildman–Crippen MR) is 161 cm³/mol. The average molecular weight is 583 g/mol. The highest BCUT2D eigenvalue weighted by atomic mass is 35.5. The zero-order valence-corrected chi connectivity index (χ0v) is 24.3. The molecule has 0 atom stereocenters. The van der Waals surface area contributed by atoms with E-state index >= 15 is 0 Å². The number of H-pyrrole nitrogens is 1. The van der Waals surface area contributed by atoms with Crippen LogP contribution in [0, 0.1) is 11.6 Å². The van der Waals surface area contributed by atoms with Gasteiger partial charge in [-0.15, -0.1) is 12.4 Å². The maximum Gasteiger partial charge on any atom is 0.169 e. The molecule has 0 radical (unpaired) electrons. The third-order valence-electron chi connectivity index (χ3n) is 7.05. The average Bonchev–Trinajstić information content (AvgIpc) is 3.51. The van der Waals surface area contributed by atoms with Gasteiger partial charge in [0, 0.05) is 33.6 Å². The number of carbonyl (C=O) groups excluding carboxylic acids is 1. The first kappa shape index (κ1) is 35.9. The number of aromatic nitrogens is 2. The first-order chi connectivity index (χ1) is 17.6. The van der Waals surface area contributed by atoms with Crippen molar-refractivity contribution in [3.8, 4) is 0 Å². The number of oxime groups is 1. The molecule has 4 aromatic rings. The van der Waals surface area contributed by atoms with Crippen molar-refractivity contribution < 1.29 is 24.0 Å². The van der Waals surface area contributed by atoms with Gasteiger partial charge in [0.05, 0.1) is 11.8 Å². The summed E-state index contributed by atoms with van der Waals surface area (Å²) in [5, 5.41) is 18.6. The second kappa shape index (κ2) is 15.5. The fourth-order valence-corrected chi connectivity index (χ4v) is 12.4. The molecule has 0 amide bonds. The van der Waals surface area contributed by atoms with Crippen LogP contribution in [0.2, 0.25) is 16.6 Å². The van der Waals surface area contributed by atoms with E-state index in [0.29, 0.717) is 33.7 Å². The number of hydrogen-bond acceptors (Lipinski definition) is 5. The summed E-state index contributed by atoms with van der Waals surface area (Å²) in [5.41, 5.74) is 3.68. The normalized spacial score (nSPS) is 11.2. The standard InChI is InChI=1S/C18H26FNOSi.C9H7FN2O.CH4.ClH.H3NO/c1-12(2)22(13(3)4,14(5)6)20-10-9-16-17(20)8-7-15(11-21)18(16)19;10-9-6(5-12-13)1-2-8-7(9)3-4-11-8;;;1-2/h7-14H,1-6H3;1-5,11,13H;1H4;1H;2H,1H2/b;12-5+;;;. The van der Waals surface area contributed by atoms with Crippen LogP contribution >= 0.6 is 12.4 Å². The van der Waals surface area contributed by atoms with Gasteiger partial charge in [0.15, 0.2) is 14.5 Å². The summed E-state index contributed by atoms with van der Waals surface area (Å²) in [6.45, 7) is 13.7. The molecule has 0 aliphatic rings. The SMILES string of the molecule is C.CC(C)[Si](C(C)C)(C(C)C)n1ccc2c(F)c(C=O)ccc21.Cl.NO.O/N=C/c1ccc2[nH]ccc2c1F. The van der Waals surface area contributed by atoms with Crippen molar-refractivity contribution in [2.75, 3.05) is 0 Å². The van der Waals surface area contributed by atoms with Crippen LogP contribution in [0.1, 0.15) is 64.9 Å². The van der Waals surface area contributed by atoms with E-state index < -0.39 is 14.1 Å². The van der Waals surface area contributed by atoms with E-state index in [4.69, 9.17) is 10.4 Å². The Morgan fingerprint density at radius 1 is 0.897 bits per heavy atom. The Morgan fingerprint density at radius 2 is 1.44 bits per heavy atom. The number of nitrogens with one attached hydrogen (secondary N) is 1. The largest absolute Gasteiger partial charge is 0.411 e. The van der Waals surface area contributed by atoms with Crippen molar-refractivity contribution in [2.45, 2.75) is 65.6 Å². The Kier molecular flexibility index (Phi) is 14.3. The number of carbonyl (C=O) groups is 1. The summed E-state index contributed by atoms with van der Waals surface area (Å²) >= 11 is 0. The van der Waals surface area contributed by atoms with Crippen molar-refractivity contribution >= 4 is 54.9 Å². The number of benzene rings is 2. The van der Waals surface area contributed by atoms with Crippen molar-refractivity contribution in [1.29, 1.82) is 0 Å². The first-order valence-electron chi connectivity index (χ1n) is 12.0. The van der Waals surface area contributed by atoms with Crippen LogP contribution in [0.3, 0.4) is 0 Å². The molecule has 0 fully saturated rings. The van der Waals surface area contributed by atoms with Gasteiger partial charge in [0.2, 0.25) is 0 Å². The van der Waals surface area contributed by atoms with E-state index in [1.807, 2.05) is 18.3 Å². The van der Waals surface area contributed by atoms with E-state index in [-0.39, 0.29) is 36.8 Å². The van der Waals surface area contributed by atoms with Gasteiger partial charge in [-0.3, -0.25) is 4.79 Å². The summed E-state index contributed by atoms with van der Waals surface area (Å²) in [6, 6.07) is 10.2. The number of hydrogen-bond donors (Lipinski definition) is 4. The molecule has 2 aromatic heterocycles. The molecule has 11 heteroatoms. The second-order valence-electron chi connectivity index (χ2n) is 9.71. The van der Waals surface area contributed by atoms with E-state index in [1.165, 1.54) is 0 Å². The lowest BCUT2D eigenvalue weighted by Gasteiger charge is -2.44. The number of rotatable bonds is 6. The molecule has 0 spiro atoms. The molecular formula is C28H41ClF2N4O3Si. The van der Waals surface area contributed by atoms with E-state index in [2.05, 4.69) is 61.8 Å². The van der Waals surface area contributed by atoms with Gasteiger partial charge in [-0.05, 0) is 59.2 Å². The van der Waals surface area contributed by atoms with Gasteiger partial charge in [0.1, 0.15) is 11.6 Å². The highest BCUT2D eigenvalue weighted by molar-refractivity contribution is 6.82. The molecule has 0 saturated carbocycles. The lowest BCUT2D eigenvalue weighted by molar-refractivity contribution is 0.112. The zero-order chi connectivity index (χ0) is 27.9. The van der Waals surface area contributed by atoms with E-state index in [0.717, 1.165) is 17.2 Å². The lowest BCUT2D eigenvalue weighted by atomic mass is 10.1. The highest BCUT2D eigenvalue weighted by Gasteiger charge is 2.45. The Balaban J connectivity index is 0.000000729. The molecule has 39 heavy (non-hydrogen) atoms. The molecule has 0 unspecified atom stereocenters. The fraction of sp³-hybridized carbons (Fsp3) is 0.357. The summed E-state index contributed by atoms with van der Waals surface area (Å²) in [5.74, 6) is 2.72. The number of nitrogens with zero attached hydrogens (tertiary/aromatic N) is 2. The summed E-state index contributed by atoms with van der Waals surface area (Å²) < 4.78 is 30.3. The maximum atomic E-state index is 14.4. The van der Waals surface area contributed by atoms with Gasteiger partial charge in [-0.2, -0.15) is 0 Å². The van der Waals surface area contributed by atoms with Gasteiger partial charge in [-0.25, -0.2) is 14.7 Å². The van der Waals surface area contributed by atoms with Crippen LogP contribution in [0.15, 0.2) is 53.9 Å². The monoisotopic (exact) mass is 582 g/mol. The topological polar surface area (TPSA) is 117 Å². The Labute approximate surface area is 236 Å². The molecule has 5 N–H and O–H groups in total. The van der Waals surface area contributed by atoms with Crippen LogP contribution in [0.25, 0.3) is 21.8 Å². The van der Waals surface area contributed by atoms with E-state index in [9.17, 15) is 13.6 Å². The minimum Gasteiger partial charge on any atom is -0.411 e. The summed E-state index contributed by atoms with van der Waals surface area (Å²) in [6.07, 6.45) is 5.36. The molecule has 2 aromatic carbocycles. The third kappa shape index (κ3) is 6.75. The summed E-state index contributed by atoms with van der Waals surface area (Å²) in [7, 11) is -1.90. The molecule has 2 heterocycles. The van der Waals surface area contributed by atoms with Crippen molar-refractivity contribution in [2.24, 2.45) is 11.1 Å². The van der Waals surface area contributed by atoms with Crippen LogP contribution < -0.4 is 5.90 Å². The zero-order valence-electron chi connectivity index (χ0n) is 22.4. The van der Waals surface area contributed by atoms with Gasteiger partial charge in [-0.1, -0.05) is 54.1 Å². The van der Waals surface area contributed by atoms with Crippen LogP contribution in [0.4, 0.5) is 8.78 Å². The highest BCUT2D eigenvalue weighted by Crippen LogP contribution is 2.44. The molecule has 7 nitrogen and oxygen atoms in total. The molecule has 4 rings (SSSR count). The van der Waals surface area contributed by atoms with Crippen LogP contribution in [-0.4, -0.2) is 40.4 Å². The Hall–Kier alpha value is -3.05. The third-order valence-corrected chi connectivity index (χ3v) is 13.8. The molecule has 0 aliphatic carbocycles. The minimum atomic E-state index is -1.90. The van der Waals surface area contributed by atoms with Gasteiger partial charge in [0.25, 0.3) is 0 Å². The van der Waals surface area contributed by atoms with E-state index in [1.54, 1.807) is 30.5 Å². The summed E-state index contributed by atoms with van der Waals surface area (Å²) in [4.78, 5) is 13.8. The smallest absolute Gasteiger partial charge is 0.169 e. The first-order valence-corrected chi connectivity index (χ1v) is 14.2. The quantitative estimate of drug-likeness (QED) is 0.0603. The minimum absolute atomic E-state index is 0. The molecule has 0 saturated heterocycles. The predicted octanol–water partition coefficient (Wildman–Crippen LogP) is 8.12.